The maximum Gasteiger partial charge on any atom is 0.164 e. The van der Waals surface area contributed by atoms with Crippen LogP contribution in [0.2, 0.25) is 0 Å². The molecule has 0 unspecified atom stereocenters. The van der Waals surface area contributed by atoms with Crippen LogP contribution in [0.5, 0.6) is 0 Å². The van der Waals surface area contributed by atoms with Crippen LogP contribution in [0.1, 0.15) is 25.0 Å². The molecule has 2 aromatic heterocycles. The molecule has 0 bridgehead atoms. The van der Waals surface area contributed by atoms with Gasteiger partial charge < -0.3 is 4.42 Å². The lowest BCUT2D eigenvalue weighted by atomic mass is 9.82. The predicted molar refractivity (Wildman–Crippen MR) is 247 cm³/mol. The van der Waals surface area contributed by atoms with E-state index in [1.165, 1.54) is 27.6 Å². The van der Waals surface area contributed by atoms with Crippen LogP contribution in [0.4, 0.5) is 0 Å². The van der Waals surface area contributed by atoms with Crippen LogP contribution in [0.3, 0.4) is 0 Å². The maximum absolute atomic E-state index is 6.57. The van der Waals surface area contributed by atoms with Crippen molar-refractivity contribution in [1.29, 1.82) is 0 Å². The van der Waals surface area contributed by atoms with E-state index < -0.39 is 0 Å². The Morgan fingerprint density at radius 1 is 0.350 bits per heavy atom. The van der Waals surface area contributed by atoms with Crippen molar-refractivity contribution >= 4 is 43.5 Å². The summed E-state index contributed by atoms with van der Waals surface area (Å²) in [6.07, 6.45) is 0. The Morgan fingerprint density at radius 3 is 1.83 bits per heavy atom. The van der Waals surface area contributed by atoms with E-state index >= 15 is 0 Å². The fourth-order valence-electron chi connectivity index (χ4n) is 9.55. The number of fused-ring (bicyclic) bond motifs is 9. The molecule has 1 aliphatic rings. The van der Waals surface area contributed by atoms with Crippen LogP contribution in [0.15, 0.2) is 192 Å². The summed E-state index contributed by atoms with van der Waals surface area (Å²) in [7, 11) is 0. The van der Waals surface area contributed by atoms with E-state index in [9.17, 15) is 0 Å². The zero-order valence-electron chi connectivity index (χ0n) is 33.1. The minimum Gasteiger partial charge on any atom is -0.456 e. The molecule has 11 aromatic rings. The molecule has 0 atom stereocenters. The highest BCUT2D eigenvalue weighted by Crippen LogP contribution is 2.49. The van der Waals surface area contributed by atoms with Crippen LogP contribution in [0, 0.1) is 0 Å². The summed E-state index contributed by atoms with van der Waals surface area (Å²) in [6.45, 7) is 4.64. The maximum atomic E-state index is 6.57. The largest absolute Gasteiger partial charge is 0.456 e. The molecule has 4 heteroatoms. The van der Waals surface area contributed by atoms with Gasteiger partial charge in [-0.15, -0.1) is 0 Å². The monoisotopic (exact) mass is 767 g/mol. The third-order valence-corrected chi connectivity index (χ3v) is 12.5. The lowest BCUT2D eigenvalue weighted by molar-refractivity contribution is 0.660. The molecule has 0 saturated carbocycles. The average molecular weight is 768 g/mol. The second kappa shape index (κ2) is 13.2. The van der Waals surface area contributed by atoms with Crippen molar-refractivity contribution in [2.45, 2.75) is 19.3 Å². The number of nitrogens with zero attached hydrogens (tertiary/aromatic N) is 3. The van der Waals surface area contributed by atoms with Crippen molar-refractivity contribution in [2.24, 2.45) is 0 Å². The molecule has 9 aromatic carbocycles. The molecular weight excluding hydrogens is 731 g/mol. The highest BCUT2D eigenvalue weighted by Gasteiger charge is 2.35. The van der Waals surface area contributed by atoms with E-state index in [1.807, 2.05) is 12.1 Å². The second-order valence-corrected chi connectivity index (χ2v) is 16.4. The molecule has 0 amide bonds. The number of aromatic nitrogens is 3. The molecule has 1 aliphatic carbocycles. The predicted octanol–water partition coefficient (Wildman–Crippen LogP) is 14.7. The lowest BCUT2D eigenvalue weighted by Crippen LogP contribution is -2.14. The van der Waals surface area contributed by atoms with Crippen LogP contribution in [-0.4, -0.2) is 15.0 Å². The van der Waals surface area contributed by atoms with Crippen LogP contribution in [0.25, 0.3) is 111 Å². The Balaban J connectivity index is 1.04. The molecule has 282 valence electrons. The number of rotatable bonds is 5. The van der Waals surface area contributed by atoms with E-state index in [-0.39, 0.29) is 5.41 Å². The Bertz CT molecular complexity index is 3530. The van der Waals surface area contributed by atoms with Crippen molar-refractivity contribution in [3.63, 3.8) is 0 Å². The van der Waals surface area contributed by atoms with E-state index in [4.69, 9.17) is 19.4 Å². The van der Waals surface area contributed by atoms with Gasteiger partial charge in [0.05, 0.1) is 0 Å². The van der Waals surface area contributed by atoms with Gasteiger partial charge in [-0.3, -0.25) is 0 Å². The van der Waals surface area contributed by atoms with E-state index in [0.29, 0.717) is 17.5 Å². The molecule has 0 N–H and O–H groups in total. The Kier molecular flexibility index (Phi) is 7.54. The van der Waals surface area contributed by atoms with Gasteiger partial charge in [-0.2, -0.15) is 0 Å². The lowest BCUT2D eigenvalue weighted by Gasteiger charge is -2.21. The summed E-state index contributed by atoms with van der Waals surface area (Å²) >= 11 is 0. The number of hydrogen-bond acceptors (Lipinski definition) is 4. The van der Waals surface area contributed by atoms with Gasteiger partial charge in [0.15, 0.2) is 17.5 Å². The molecule has 0 spiro atoms. The van der Waals surface area contributed by atoms with Gasteiger partial charge >= 0.3 is 0 Å². The molecular formula is C56H37N3O. The SMILES string of the molecule is CC1(C)c2ccccc2-c2cc(-c3cccc(-c4nc(-c5ccc6c(c5)oc5cccc(-c7ccccc7)c56)nc(-c5cc6ccccc6c6ccccc56)n4)c3)ccc21. The third-order valence-electron chi connectivity index (χ3n) is 12.5. The molecule has 0 saturated heterocycles. The first kappa shape index (κ1) is 34.4. The highest BCUT2D eigenvalue weighted by molar-refractivity contribution is 6.14. The van der Waals surface area contributed by atoms with Gasteiger partial charge in [0.2, 0.25) is 0 Å². The van der Waals surface area contributed by atoms with Gasteiger partial charge in [0, 0.05) is 32.9 Å². The summed E-state index contributed by atoms with van der Waals surface area (Å²) < 4.78 is 6.57. The Labute approximate surface area is 347 Å². The van der Waals surface area contributed by atoms with Crippen molar-refractivity contribution in [2.75, 3.05) is 0 Å². The van der Waals surface area contributed by atoms with Gasteiger partial charge in [-0.1, -0.05) is 166 Å². The van der Waals surface area contributed by atoms with E-state index in [1.54, 1.807) is 0 Å². The van der Waals surface area contributed by atoms with Crippen molar-refractivity contribution < 1.29 is 4.42 Å². The average Bonchev–Trinajstić information content (AvgIpc) is 3.80. The smallest absolute Gasteiger partial charge is 0.164 e. The quantitative estimate of drug-likeness (QED) is 0.164. The van der Waals surface area contributed by atoms with Crippen molar-refractivity contribution in [1.82, 2.24) is 15.0 Å². The molecule has 2 heterocycles. The fraction of sp³-hybridized carbons (Fsp3) is 0.0536. The van der Waals surface area contributed by atoms with Gasteiger partial charge in [0.1, 0.15) is 11.2 Å². The second-order valence-electron chi connectivity index (χ2n) is 16.4. The summed E-state index contributed by atoms with van der Waals surface area (Å²) in [5, 5.41) is 6.74. The summed E-state index contributed by atoms with van der Waals surface area (Å²) in [6, 6.07) is 66.6. The topological polar surface area (TPSA) is 51.8 Å². The third kappa shape index (κ3) is 5.34. The van der Waals surface area contributed by atoms with Gasteiger partial charge in [0.25, 0.3) is 0 Å². The molecule has 12 rings (SSSR count). The van der Waals surface area contributed by atoms with Crippen LogP contribution < -0.4 is 0 Å². The van der Waals surface area contributed by atoms with Crippen molar-refractivity contribution in [3.05, 3.63) is 199 Å². The first-order valence-electron chi connectivity index (χ1n) is 20.5. The molecule has 4 nitrogen and oxygen atoms in total. The van der Waals surface area contributed by atoms with Gasteiger partial charge in [-0.05, 0) is 102 Å². The zero-order valence-corrected chi connectivity index (χ0v) is 33.1. The molecule has 0 fully saturated rings. The zero-order chi connectivity index (χ0) is 40.0. The Hall–Kier alpha value is -7.69. The minimum atomic E-state index is -0.0491. The van der Waals surface area contributed by atoms with Crippen LogP contribution >= 0.6 is 0 Å². The highest BCUT2D eigenvalue weighted by atomic mass is 16.3. The number of benzene rings is 9. The standard InChI is InChI=1S/C56H37N3O/c1-56(2)48-24-11-10-22-44(48)46-31-36(27-29-49(46)56)35-17-12-18-38(30-35)53-57-54(59-55(58-53)47-32-37-16-6-7-19-40(37)42-20-8-9-21-43(42)47)39-26-28-45-51(33-39)60-50-25-13-23-41(52(45)50)34-14-4-3-5-15-34/h3-33H,1-2H3. The van der Waals surface area contributed by atoms with Gasteiger partial charge in [-0.25, -0.2) is 15.0 Å². The van der Waals surface area contributed by atoms with E-state index in [0.717, 1.165) is 77.0 Å². The fourth-order valence-corrected chi connectivity index (χ4v) is 9.55. The summed E-state index contributed by atoms with van der Waals surface area (Å²) in [5.74, 6) is 1.81. The number of hydrogen-bond donors (Lipinski definition) is 0. The molecule has 0 radical (unpaired) electrons. The summed E-state index contributed by atoms with van der Waals surface area (Å²) in [5.41, 5.74) is 14.2. The first-order valence-corrected chi connectivity index (χ1v) is 20.5. The molecule has 60 heavy (non-hydrogen) atoms. The number of furan rings is 1. The minimum absolute atomic E-state index is 0.0491. The van der Waals surface area contributed by atoms with Crippen molar-refractivity contribution in [3.8, 4) is 67.5 Å². The molecule has 0 aliphatic heterocycles. The Morgan fingerprint density at radius 2 is 0.967 bits per heavy atom. The first-order chi connectivity index (χ1) is 29.5. The summed E-state index contributed by atoms with van der Waals surface area (Å²) in [4.78, 5) is 15.8. The normalized spacial score (nSPS) is 13.0. The van der Waals surface area contributed by atoms with Crippen LogP contribution in [-0.2, 0) is 5.41 Å². The van der Waals surface area contributed by atoms with E-state index in [2.05, 4.69) is 190 Å².